The standard InChI is InChI=1S/C13H16O.C2H4/c1-6-7-11(4)13(14)12(5)9-8-10(2)3;1-2/h6-9H,2,4-5H2,1,3H3;1-2H2/b7-6-,9-8-;. The molecule has 0 aromatic carbocycles. The molecule has 0 heterocycles. The van der Waals surface area contributed by atoms with Gasteiger partial charge in [0.25, 0.3) is 0 Å². The summed E-state index contributed by atoms with van der Waals surface area (Å²) in [5.74, 6) is -0.138. The lowest BCUT2D eigenvalue weighted by atomic mass is 10.1. The third kappa shape index (κ3) is 7.51. The summed E-state index contributed by atoms with van der Waals surface area (Å²) in [6.45, 7) is 20.7. The maximum Gasteiger partial charge on any atom is 0.191 e. The van der Waals surface area contributed by atoms with Crippen LogP contribution in [0.2, 0.25) is 0 Å². The lowest BCUT2D eigenvalue weighted by molar-refractivity contribution is -0.111. The Bertz CT molecular complexity index is 340. The summed E-state index contributed by atoms with van der Waals surface area (Å²) in [5, 5.41) is 0. The zero-order valence-corrected chi connectivity index (χ0v) is 10.3. The molecule has 0 saturated carbocycles. The number of rotatable bonds is 5. The molecular formula is C15H20O. The number of Topliss-reactive ketones (excluding diaryl/α,β-unsaturated/α-hetero) is 1. The van der Waals surface area contributed by atoms with Crippen molar-refractivity contribution in [3.8, 4) is 0 Å². The summed E-state index contributed by atoms with van der Waals surface area (Å²) in [6.07, 6.45) is 6.85. The molecule has 0 N–H and O–H groups in total. The number of carbonyl (C=O) groups excluding carboxylic acids is 1. The molecule has 0 bridgehead atoms. The summed E-state index contributed by atoms with van der Waals surface area (Å²) in [7, 11) is 0. The van der Waals surface area contributed by atoms with Crippen molar-refractivity contribution in [2.75, 3.05) is 0 Å². The third-order valence-corrected chi connectivity index (χ3v) is 1.52. The molecule has 0 rings (SSSR count). The topological polar surface area (TPSA) is 17.1 Å². The van der Waals surface area contributed by atoms with Gasteiger partial charge >= 0.3 is 0 Å². The molecule has 0 unspecified atom stereocenters. The Hall–Kier alpha value is -1.89. The molecule has 0 atom stereocenters. The molecule has 0 radical (unpaired) electrons. The highest BCUT2D eigenvalue weighted by Crippen LogP contribution is 2.06. The predicted octanol–water partition coefficient (Wildman–Crippen LogP) is 4.18. The zero-order valence-electron chi connectivity index (χ0n) is 10.3. The van der Waals surface area contributed by atoms with Crippen molar-refractivity contribution < 1.29 is 4.79 Å². The van der Waals surface area contributed by atoms with Crippen LogP contribution in [0.4, 0.5) is 0 Å². The summed E-state index contributed by atoms with van der Waals surface area (Å²) >= 11 is 0. The van der Waals surface area contributed by atoms with E-state index < -0.39 is 0 Å². The maximum absolute atomic E-state index is 11.5. The van der Waals surface area contributed by atoms with Gasteiger partial charge in [-0.15, -0.1) is 13.2 Å². The van der Waals surface area contributed by atoms with Crippen molar-refractivity contribution in [2.45, 2.75) is 13.8 Å². The van der Waals surface area contributed by atoms with Gasteiger partial charge in [-0.2, -0.15) is 0 Å². The highest BCUT2D eigenvalue weighted by atomic mass is 16.1. The Labute approximate surface area is 98.9 Å². The van der Waals surface area contributed by atoms with Crippen LogP contribution in [0.15, 0.2) is 73.9 Å². The second-order valence-electron chi connectivity index (χ2n) is 3.06. The summed E-state index contributed by atoms with van der Waals surface area (Å²) in [6, 6.07) is 0. The fourth-order valence-corrected chi connectivity index (χ4v) is 0.802. The van der Waals surface area contributed by atoms with Crippen molar-refractivity contribution in [1.29, 1.82) is 0 Å². The summed E-state index contributed by atoms with van der Waals surface area (Å²) in [4.78, 5) is 11.5. The van der Waals surface area contributed by atoms with Crippen LogP contribution in [0.25, 0.3) is 0 Å². The first-order valence-corrected chi connectivity index (χ1v) is 4.87. The number of hydrogen-bond acceptors (Lipinski definition) is 1. The number of hydrogen-bond donors (Lipinski definition) is 0. The molecule has 16 heavy (non-hydrogen) atoms. The lowest BCUT2D eigenvalue weighted by Gasteiger charge is -1.98. The van der Waals surface area contributed by atoms with Gasteiger partial charge in [-0.3, -0.25) is 4.79 Å². The Kier molecular flexibility index (Phi) is 9.98. The molecule has 0 aliphatic rings. The zero-order chi connectivity index (χ0) is 13.1. The SMILES string of the molecule is C=C.C=C(C)/C=C\C(=C)C(=O)C(=C)/C=C\C. The van der Waals surface area contributed by atoms with E-state index >= 15 is 0 Å². The van der Waals surface area contributed by atoms with Gasteiger partial charge in [-0.1, -0.05) is 49.6 Å². The van der Waals surface area contributed by atoms with Gasteiger partial charge in [0.15, 0.2) is 5.78 Å². The van der Waals surface area contributed by atoms with Crippen LogP contribution in [0.3, 0.4) is 0 Å². The van der Waals surface area contributed by atoms with E-state index in [1.807, 2.05) is 13.8 Å². The molecule has 0 aliphatic carbocycles. The fourth-order valence-electron chi connectivity index (χ4n) is 0.802. The van der Waals surface area contributed by atoms with Gasteiger partial charge in [0.2, 0.25) is 0 Å². The first-order chi connectivity index (χ1) is 7.49. The van der Waals surface area contributed by atoms with Gasteiger partial charge < -0.3 is 0 Å². The molecule has 0 aromatic heterocycles. The molecule has 1 heteroatoms. The highest BCUT2D eigenvalue weighted by molar-refractivity contribution is 6.11. The Morgan fingerprint density at radius 1 is 0.938 bits per heavy atom. The average molecular weight is 216 g/mol. The van der Waals surface area contributed by atoms with Crippen molar-refractivity contribution in [3.05, 3.63) is 73.9 Å². The third-order valence-electron chi connectivity index (χ3n) is 1.52. The van der Waals surface area contributed by atoms with E-state index in [-0.39, 0.29) is 5.78 Å². The van der Waals surface area contributed by atoms with Gasteiger partial charge in [0, 0.05) is 11.1 Å². The fraction of sp³-hybridized carbons (Fsp3) is 0.133. The van der Waals surface area contributed by atoms with E-state index in [4.69, 9.17) is 0 Å². The van der Waals surface area contributed by atoms with Gasteiger partial charge in [-0.25, -0.2) is 0 Å². The Balaban J connectivity index is 0. The molecule has 0 amide bonds. The molecule has 0 spiro atoms. The molecular weight excluding hydrogens is 196 g/mol. The largest absolute Gasteiger partial charge is 0.289 e. The number of carbonyl (C=O) groups is 1. The van der Waals surface area contributed by atoms with Crippen molar-refractivity contribution >= 4 is 5.78 Å². The van der Waals surface area contributed by atoms with E-state index in [9.17, 15) is 4.79 Å². The second-order valence-corrected chi connectivity index (χ2v) is 3.06. The quantitative estimate of drug-likeness (QED) is 0.383. The van der Waals surface area contributed by atoms with Crippen molar-refractivity contribution in [3.63, 3.8) is 0 Å². The Morgan fingerprint density at radius 2 is 1.38 bits per heavy atom. The monoisotopic (exact) mass is 216 g/mol. The first-order valence-electron chi connectivity index (χ1n) is 4.87. The van der Waals surface area contributed by atoms with Crippen LogP contribution >= 0.6 is 0 Å². The highest BCUT2D eigenvalue weighted by Gasteiger charge is 2.05. The van der Waals surface area contributed by atoms with Gasteiger partial charge in [-0.05, 0) is 13.8 Å². The lowest BCUT2D eigenvalue weighted by Crippen LogP contribution is -2.00. The molecule has 1 nitrogen and oxygen atoms in total. The normalized spacial score (nSPS) is 9.62. The smallest absolute Gasteiger partial charge is 0.191 e. The van der Waals surface area contributed by atoms with Gasteiger partial charge in [0.1, 0.15) is 0 Å². The molecule has 0 fully saturated rings. The first kappa shape index (κ1) is 16.5. The van der Waals surface area contributed by atoms with Crippen molar-refractivity contribution in [2.24, 2.45) is 0 Å². The number of ketones is 1. The van der Waals surface area contributed by atoms with Crippen LogP contribution < -0.4 is 0 Å². The summed E-state index contributed by atoms with van der Waals surface area (Å²) < 4.78 is 0. The minimum Gasteiger partial charge on any atom is -0.289 e. The van der Waals surface area contributed by atoms with E-state index in [1.165, 1.54) is 0 Å². The predicted molar refractivity (Wildman–Crippen MR) is 73.3 cm³/mol. The van der Waals surface area contributed by atoms with Crippen LogP contribution in [0.5, 0.6) is 0 Å². The average Bonchev–Trinajstić information content (AvgIpc) is 2.27. The van der Waals surface area contributed by atoms with Gasteiger partial charge in [0.05, 0.1) is 0 Å². The molecule has 0 saturated heterocycles. The molecule has 0 aliphatic heterocycles. The van der Waals surface area contributed by atoms with Crippen LogP contribution in [0.1, 0.15) is 13.8 Å². The minimum atomic E-state index is -0.138. The second kappa shape index (κ2) is 9.66. The van der Waals surface area contributed by atoms with Crippen LogP contribution in [0, 0.1) is 0 Å². The van der Waals surface area contributed by atoms with E-state index in [1.54, 1.807) is 24.3 Å². The van der Waals surface area contributed by atoms with E-state index in [0.717, 1.165) is 5.57 Å². The molecule has 86 valence electrons. The van der Waals surface area contributed by atoms with Crippen LogP contribution in [-0.4, -0.2) is 5.78 Å². The minimum absolute atomic E-state index is 0.138. The van der Waals surface area contributed by atoms with E-state index in [0.29, 0.717) is 11.1 Å². The maximum atomic E-state index is 11.5. The van der Waals surface area contributed by atoms with Crippen LogP contribution in [-0.2, 0) is 4.79 Å². The van der Waals surface area contributed by atoms with E-state index in [2.05, 4.69) is 32.9 Å². The number of allylic oxidation sites excluding steroid dienone is 7. The summed E-state index contributed by atoms with van der Waals surface area (Å²) in [5.41, 5.74) is 1.76. The Morgan fingerprint density at radius 3 is 1.75 bits per heavy atom. The molecule has 0 aromatic rings. The van der Waals surface area contributed by atoms with Crippen molar-refractivity contribution in [1.82, 2.24) is 0 Å².